The number of hydrogen-bond donors (Lipinski definition) is 0. The average Bonchev–Trinajstić information content (AvgIpc) is 3.86. The van der Waals surface area contributed by atoms with Crippen molar-refractivity contribution in [2.75, 3.05) is 0 Å². The minimum atomic E-state index is -1.94. The Labute approximate surface area is 315 Å². The van der Waals surface area contributed by atoms with Crippen molar-refractivity contribution in [1.82, 2.24) is 0 Å². The van der Waals surface area contributed by atoms with E-state index in [9.17, 15) is 0 Å². The smallest absolute Gasteiger partial charge is 0.117 e. The number of thiophene rings is 2. The van der Waals surface area contributed by atoms with Crippen LogP contribution in [0.25, 0.3) is 0 Å². The minimum absolute atomic E-state index is 1.00. The van der Waals surface area contributed by atoms with E-state index in [1.807, 2.05) is 34.4 Å². The zero-order chi connectivity index (χ0) is 34.4. The van der Waals surface area contributed by atoms with Gasteiger partial charge < -0.3 is 0 Å². The summed E-state index contributed by atoms with van der Waals surface area (Å²) < 4.78 is 2.70. The molecule has 0 atom stereocenters. The Hall–Kier alpha value is -4.07. The molecule has 0 nitrogen and oxygen atoms in total. The molecule has 0 aliphatic heterocycles. The molecule has 2 aromatic heterocycles. The fourth-order valence-corrected chi connectivity index (χ4v) is 20.1. The predicted molar refractivity (Wildman–Crippen MR) is 230 cm³/mol. The van der Waals surface area contributed by atoms with Gasteiger partial charge in [-0.3, -0.25) is 0 Å². The molecule has 0 radical (unpaired) electrons. The molecule has 5 heteroatoms. The molecule has 2 heterocycles. The highest BCUT2D eigenvalue weighted by molar-refractivity contribution is 8.03. The average molecular weight is 749 g/mol. The van der Waals surface area contributed by atoms with Crippen molar-refractivity contribution in [1.29, 1.82) is 0 Å². The van der Waals surface area contributed by atoms with Crippen LogP contribution in [-0.4, -0.2) is 0 Å². The Morgan fingerprint density at radius 3 is 0.765 bits per heavy atom. The number of hydrogen-bond acceptors (Lipinski definition) is 3. The van der Waals surface area contributed by atoms with Gasteiger partial charge in [-0.15, -0.1) is 22.7 Å². The van der Waals surface area contributed by atoms with Crippen molar-refractivity contribution in [3.63, 3.8) is 0 Å². The third kappa shape index (κ3) is 7.07. The van der Waals surface area contributed by atoms with E-state index < -0.39 is 14.5 Å². The molecule has 248 valence electrons. The van der Waals surface area contributed by atoms with E-state index in [1.54, 1.807) is 0 Å². The zero-order valence-electron chi connectivity index (χ0n) is 28.2. The Bertz CT molecular complexity index is 1910. The Balaban J connectivity index is 1.12. The van der Waals surface area contributed by atoms with Crippen LogP contribution in [0.5, 0.6) is 0 Å². The maximum atomic E-state index is 2.38. The lowest BCUT2D eigenvalue weighted by atomic mass is 10.4. The molecule has 0 aliphatic carbocycles. The lowest BCUT2D eigenvalue weighted by Gasteiger charge is -2.27. The van der Waals surface area contributed by atoms with Crippen LogP contribution in [0, 0.1) is 0 Å². The molecule has 0 aliphatic rings. The molecule has 8 aromatic rings. The second-order valence-electron chi connectivity index (χ2n) is 12.5. The first-order valence-electron chi connectivity index (χ1n) is 17.2. The maximum Gasteiger partial charge on any atom is 0.117 e. The fraction of sp³-hybridized carbons (Fsp3) is 0.0435. The van der Waals surface area contributed by atoms with Gasteiger partial charge in [-0.2, -0.15) is 0 Å². The third-order valence-corrected chi connectivity index (χ3v) is 22.0. The first-order chi connectivity index (χ1) is 25.2. The molecule has 0 bridgehead atoms. The van der Waals surface area contributed by atoms with Crippen LogP contribution in [0.15, 0.2) is 215 Å². The van der Waals surface area contributed by atoms with Gasteiger partial charge in [-0.1, -0.05) is 121 Å². The van der Waals surface area contributed by atoms with Gasteiger partial charge in [0.2, 0.25) is 0 Å². The molecule has 6 aromatic carbocycles. The van der Waals surface area contributed by atoms with E-state index >= 15 is 0 Å². The fourth-order valence-electron chi connectivity index (χ4n) is 7.10. The summed E-state index contributed by atoms with van der Waals surface area (Å²) in [4.78, 5) is 2.86. The van der Waals surface area contributed by atoms with Crippen molar-refractivity contribution in [3.05, 3.63) is 216 Å². The standard InChI is InChI=1S/C46H38P2S3/c1-7-19-37(20-8-1)47(38-21-9-2-10-22-38,39-23-11-3-12-24-39)35-43-31-33-45(49-43)51-46-34-32-44(50-46)36-48(40-25-13-4-14-26-40,41-27-15-5-16-28-41)42-29-17-6-18-30-42/h1-34H,35-36H2/q+2. The van der Waals surface area contributed by atoms with Crippen LogP contribution in [0.3, 0.4) is 0 Å². The van der Waals surface area contributed by atoms with Crippen LogP contribution in [0.4, 0.5) is 0 Å². The Kier molecular flexibility index (Phi) is 10.5. The van der Waals surface area contributed by atoms with Crippen LogP contribution < -0.4 is 31.8 Å². The van der Waals surface area contributed by atoms with E-state index in [-0.39, 0.29) is 0 Å². The lowest BCUT2D eigenvalue weighted by Crippen LogP contribution is -2.32. The predicted octanol–water partition coefficient (Wildman–Crippen LogP) is 10.9. The van der Waals surface area contributed by atoms with Gasteiger partial charge in [-0.25, -0.2) is 0 Å². The second-order valence-corrected chi connectivity index (χ2v) is 23.4. The van der Waals surface area contributed by atoms with Gasteiger partial charge in [0.1, 0.15) is 58.7 Å². The van der Waals surface area contributed by atoms with Crippen molar-refractivity contribution >= 4 is 80.8 Å². The van der Waals surface area contributed by atoms with Gasteiger partial charge in [-0.05, 0) is 97.1 Å². The second kappa shape index (κ2) is 15.7. The van der Waals surface area contributed by atoms with Gasteiger partial charge >= 0.3 is 0 Å². The molecule has 0 fully saturated rings. The molecule has 0 unspecified atom stereocenters. The van der Waals surface area contributed by atoms with Crippen molar-refractivity contribution in [3.8, 4) is 0 Å². The summed E-state index contributed by atoms with van der Waals surface area (Å²) in [6.07, 6.45) is 2.01. The highest BCUT2D eigenvalue weighted by Gasteiger charge is 2.47. The number of rotatable bonds is 12. The highest BCUT2D eigenvalue weighted by Crippen LogP contribution is 2.60. The first-order valence-corrected chi connectivity index (χ1v) is 23.6. The molecular weight excluding hydrogens is 711 g/mol. The molecule has 51 heavy (non-hydrogen) atoms. The molecule has 0 amide bonds. The summed E-state index contributed by atoms with van der Waals surface area (Å²) in [6.45, 7) is 0. The summed E-state index contributed by atoms with van der Waals surface area (Å²) in [7, 11) is -3.89. The molecular formula is C46H38P2S3+2. The summed E-state index contributed by atoms with van der Waals surface area (Å²) in [5, 5.41) is 8.56. The van der Waals surface area contributed by atoms with Gasteiger partial charge in [0.05, 0.1) is 8.42 Å². The van der Waals surface area contributed by atoms with Crippen molar-refractivity contribution in [2.45, 2.75) is 20.7 Å². The normalized spacial score (nSPS) is 11.8. The Morgan fingerprint density at radius 1 is 0.294 bits per heavy atom. The largest absolute Gasteiger partial charge is 0.130 e. The lowest BCUT2D eigenvalue weighted by molar-refractivity contribution is 1.50. The highest BCUT2D eigenvalue weighted by atomic mass is 32.2. The SMILES string of the molecule is c1ccc([P+](Cc2ccc(Sc3ccc(C[P+](c4ccccc4)(c4ccccc4)c4ccccc4)s3)s2)(c2ccccc2)c2ccccc2)cc1. The first kappa shape index (κ1) is 34.0. The van der Waals surface area contributed by atoms with Gasteiger partial charge in [0.15, 0.2) is 0 Å². The quantitative estimate of drug-likeness (QED) is 0.112. The Morgan fingerprint density at radius 2 is 0.529 bits per heavy atom. The van der Waals surface area contributed by atoms with E-state index in [0.717, 1.165) is 12.3 Å². The number of benzene rings is 6. The van der Waals surface area contributed by atoms with Crippen LogP contribution in [-0.2, 0) is 12.3 Å². The summed E-state index contributed by atoms with van der Waals surface area (Å²) in [5.74, 6) is 0. The van der Waals surface area contributed by atoms with E-state index in [2.05, 4.69) is 206 Å². The van der Waals surface area contributed by atoms with E-state index in [4.69, 9.17) is 0 Å². The van der Waals surface area contributed by atoms with Crippen molar-refractivity contribution < 1.29 is 0 Å². The van der Waals surface area contributed by atoms with Gasteiger partial charge in [0, 0.05) is 9.75 Å². The topological polar surface area (TPSA) is 0 Å². The minimum Gasteiger partial charge on any atom is -0.130 e. The maximum absolute atomic E-state index is 2.38. The zero-order valence-corrected chi connectivity index (χ0v) is 32.4. The van der Waals surface area contributed by atoms with Crippen molar-refractivity contribution in [2.24, 2.45) is 0 Å². The van der Waals surface area contributed by atoms with E-state index in [0.29, 0.717) is 0 Å². The summed E-state index contributed by atoms with van der Waals surface area (Å²) in [6, 6.07) is 76.7. The van der Waals surface area contributed by atoms with Crippen LogP contribution in [0.1, 0.15) is 9.75 Å². The summed E-state index contributed by atoms with van der Waals surface area (Å²) in [5.41, 5.74) is 0. The molecule has 8 rings (SSSR count). The molecule has 0 saturated heterocycles. The molecule has 0 N–H and O–H groups in total. The molecule has 0 saturated carbocycles. The monoisotopic (exact) mass is 748 g/mol. The van der Waals surface area contributed by atoms with Gasteiger partial charge in [0.25, 0.3) is 0 Å². The third-order valence-electron chi connectivity index (χ3n) is 9.44. The van der Waals surface area contributed by atoms with Crippen LogP contribution in [0.2, 0.25) is 0 Å². The summed E-state index contributed by atoms with van der Waals surface area (Å²) >= 11 is 5.83. The molecule has 0 spiro atoms. The van der Waals surface area contributed by atoms with E-state index in [1.165, 1.54) is 50.0 Å². The van der Waals surface area contributed by atoms with Crippen LogP contribution >= 0.6 is 49.0 Å².